The number of nitrogens with zero attached hydrogens (tertiary/aromatic N) is 6. The van der Waals surface area contributed by atoms with Gasteiger partial charge in [-0.3, -0.25) is 9.56 Å². The minimum absolute atomic E-state index is 0.0535. The van der Waals surface area contributed by atoms with Crippen molar-refractivity contribution in [1.29, 1.82) is 0 Å². The van der Waals surface area contributed by atoms with E-state index in [0.29, 0.717) is 16.7 Å². The lowest BCUT2D eigenvalue weighted by Crippen LogP contribution is -2.38. The Balaban J connectivity index is 1.74. The zero-order chi connectivity index (χ0) is 23.8. The van der Waals surface area contributed by atoms with Crippen LogP contribution in [0.25, 0.3) is 17.1 Å². The van der Waals surface area contributed by atoms with Crippen molar-refractivity contribution in [2.24, 2.45) is 4.99 Å². The van der Waals surface area contributed by atoms with Crippen molar-refractivity contribution in [2.45, 2.75) is 63.2 Å². The number of hydrogen-bond acceptors (Lipinski definition) is 10. The molecule has 4 unspecified atom stereocenters. The van der Waals surface area contributed by atoms with Gasteiger partial charge in [0, 0.05) is 6.20 Å². The summed E-state index contributed by atoms with van der Waals surface area (Å²) in [5, 5.41) is 35.2. The molecule has 0 radical (unpaired) electrons. The van der Waals surface area contributed by atoms with E-state index in [2.05, 4.69) is 20.1 Å². The summed E-state index contributed by atoms with van der Waals surface area (Å²) >= 11 is 0. The third-order valence-electron chi connectivity index (χ3n) is 6.19. The number of hydrogen-bond donors (Lipinski definition) is 4. The molecule has 13 heteroatoms. The van der Waals surface area contributed by atoms with Crippen LogP contribution in [0.4, 0.5) is 0 Å². The number of carbonyl (C=O) groups is 1. The molecule has 1 aliphatic heterocycles. The second kappa shape index (κ2) is 9.25. The number of aliphatic hydroxyl groups is 3. The average molecular weight is 473 g/mol. The van der Waals surface area contributed by atoms with Gasteiger partial charge in [-0.25, -0.2) is 14.5 Å². The fourth-order valence-electron chi connectivity index (χ4n) is 4.47. The summed E-state index contributed by atoms with van der Waals surface area (Å²) in [5.41, 5.74) is 1.54. The highest BCUT2D eigenvalue weighted by Crippen LogP contribution is 2.30. The van der Waals surface area contributed by atoms with Gasteiger partial charge in [-0.05, 0) is 19.8 Å². The summed E-state index contributed by atoms with van der Waals surface area (Å²) in [6.07, 6.45) is 3.44. The molecule has 1 saturated carbocycles. The molecule has 0 amide bonds. The number of rotatable bonds is 6. The van der Waals surface area contributed by atoms with Crippen molar-refractivity contribution < 1.29 is 29.6 Å². The number of aliphatic hydroxyl groups excluding tert-OH is 3. The van der Waals surface area contributed by atoms with E-state index < -0.39 is 37.1 Å². The summed E-state index contributed by atoms with van der Waals surface area (Å²) in [7, 11) is 0. The molecule has 0 spiro atoms. The van der Waals surface area contributed by atoms with Crippen molar-refractivity contribution in [3.05, 3.63) is 29.8 Å². The standard InChI is InChI=1S/C21H27N7O6/c1-2-33-20(32)11-7-24-27(8-11)21-26-17-14(22-10-23-17)18(25-12-5-3-4-6-12)28(21)19-16(31)15(30)13(9-29)34-19/h7-8,10,12-13,15-16,19,29-31H,2-6,9H2,1H3,(H,22,23). The summed E-state index contributed by atoms with van der Waals surface area (Å²) in [6.45, 7) is 1.45. The van der Waals surface area contributed by atoms with Gasteiger partial charge >= 0.3 is 5.97 Å². The molecule has 34 heavy (non-hydrogen) atoms. The normalized spacial score (nSPS) is 26.1. The maximum Gasteiger partial charge on any atom is 0.341 e. The lowest BCUT2D eigenvalue weighted by Gasteiger charge is -2.22. The molecule has 1 saturated heterocycles. The Morgan fingerprint density at radius 1 is 1.32 bits per heavy atom. The van der Waals surface area contributed by atoms with Crippen LogP contribution in [0.3, 0.4) is 0 Å². The number of nitrogens with one attached hydrogen (secondary N) is 1. The molecule has 1 aliphatic carbocycles. The third-order valence-corrected chi connectivity index (χ3v) is 6.19. The summed E-state index contributed by atoms with van der Waals surface area (Å²) in [6, 6.07) is 0.0535. The van der Waals surface area contributed by atoms with Crippen LogP contribution < -0.4 is 5.49 Å². The highest BCUT2D eigenvalue weighted by Gasteiger charge is 2.45. The Labute approximate surface area is 193 Å². The molecule has 4 heterocycles. The second-order valence-corrected chi connectivity index (χ2v) is 8.40. The average Bonchev–Trinajstić information content (AvgIpc) is 3.63. The van der Waals surface area contributed by atoms with Crippen LogP contribution in [-0.2, 0) is 9.47 Å². The van der Waals surface area contributed by atoms with Gasteiger partial charge in [0.15, 0.2) is 17.4 Å². The molecule has 0 bridgehead atoms. The molecule has 4 N–H and O–H groups in total. The zero-order valence-corrected chi connectivity index (χ0v) is 18.6. The van der Waals surface area contributed by atoms with Crippen LogP contribution in [0.15, 0.2) is 23.7 Å². The van der Waals surface area contributed by atoms with Gasteiger partial charge in [-0.1, -0.05) is 12.8 Å². The largest absolute Gasteiger partial charge is 0.462 e. The van der Waals surface area contributed by atoms with Gasteiger partial charge in [0.05, 0.1) is 37.3 Å². The Morgan fingerprint density at radius 3 is 2.82 bits per heavy atom. The van der Waals surface area contributed by atoms with Crippen LogP contribution in [0.1, 0.15) is 49.2 Å². The number of fused-ring (bicyclic) bond motifs is 1. The third kappa shape index (κ3) is 3.90. The van der Waals surface area contributed by atoms with Crippen LogP contribution >= 0.6 is 0 Å². The Bertz CT molecular complexity index is 1240. The van der Waals surface area contributed by atoms with E-state index in [0.717, 1.165) is 25.7 Å². The minimum atomic E-state index is -1.37. The first-order chi connectivity index (χ1) is 16.5. The fraction of sp³-hybridized carbons (Fsp3) is 0.571. The quantitative estimate of drug-likeness (QED) is 0.347. The number of aromatic nitrogens is 6. The van der Waals surface area contributed by atoms with Gasteiger partial charge in [-0.15, -0.1) is 0 Å². The second-order valence-electron chi connectivity index (χ2n) is 8.40. The lowest BCUT2D eigenvalue weighted by atomic mass is 10.1. The van der Waals surface area contributed by atoms with Crippen LogP contribution in [0.5, 0.6) is 0 Å². The number of ether oxygens (including phenoxy) is 2. The van der Waals surface area contributed by atoms with Crippen molar-refractivity contribution in [2.75, 3.05) is 13.2 Å². The maximum absolute atomic E-state index is 12.2. The SMILES string of the molecule is CCOC(=O)c1cnn(-c2nc3nc[nH]c3c(=NC3CCCC3)n2C2OC(CO)C(O)C2O)c1. The predicted octanol–water partition coefficient (Wildman–Crippen LogP) is -0.423. The van der Waals surface area contributed by atoms with Crippen molar-refractivity contribution in [3.63, 3.8) is 0 Å². The highest BCUT2D eigenvalue weighted by molar-refractivity contribution is 5.88. The van der Waals surface area contributed by atoms with Gasteiger partial charge < -0.3 is 29.8 Å². The molecular formula is C21H27N7O6. The summed E-state index contributed by atoms with van der Waals surface area (Å²) in [5.74, 6) is -0.369. The Kier molecular flexibility index (Phi) is 6.16. The molecule has 2 aliphatic rings. The van der Waals surface area contributed by atoms with Gasteiger partial charge in [0.2, 0.25) is 5.95 Å². The number of imidazole rings is 1. The van der Waals surface area contributed by atoms with Gasteiger partial charge in [0.1, 0.15) is 23.8 Å². The number of aromatic amines is 1. The van der Waals surface area contributed by atoms with Crippen LogP contribution in [0, 0.1) is 0 Å². The first-order valence-corrected chi connectivity index (χ1v) is 11.4. The van der Waals surface area contributed by atoms with E-state index in [1.54, 1.807) is 6.92 Å². The monoisotopic (exact) mass is 473 g/mol. The zero-order valence-electron chi connectivity index (χ0n) is 18.6. The summed E-state index contributed by atoms with van der Waals surface area (Å²) < 4.78 is 13.8. The topological polar surface area (TPSA) is 173 Å². The lowest BCUT2D eigenvalue weighted by molar-refractivity contribution is -0.0551. The van der Waals surface area contributed by atoms with Crippen molar-refractivity contribution in [1.82, 2.24) is 29.3 Å². The van der Waals surface area contributed by atoms with Gasteiger partial charge in [0.25, 0.3) is 0 Å². The maximum atomic E-state index is 12.2. The first kappa shape index (κ1) is 22.7. The molecule has 0 aromatic carbocycles. The molecule has 4 atom stereocenters. The smallest absolute Gasteiger partial charge is 0.341 e. The Morgan fingerprint density at radius 2 is 2.12 bits per heavy atom. The Hall–Kier alpha value is -3.13. The molecule has 3 aromatic heterocycles. The minimum Gasteiger partial charge on any atom is -0.462 e. The molecule has 13 nitrogen and oxygen atoms in total. The molecular weight excluding hydrogens is 446 g/mol. The van der Waals surface area contributed by atoms with Crippen LogP contribution in [-0.4, -0.2) is 88.2 Å². The number of carbonyl (C=O) groups excluding carboxylic acids is 1. The molecule has 182 valence electrons. The van der Waals surface area contributed by atoms with E-state index >= 15 is 0 Å². The van der Waals surface area contributed by atoms with E-state index in [1.807, 2.05) is 0 Å². The predicted molar refractivity (Wildman–Crippen MR) is 116 cm³/mol. The molecule has 3 aromatic rings. The van der Waals surface area contributed by atoms with E-state index in [-0.39, 0.29) is 24.2 Å². The molecule has 5 rings (SSSR count). The van der Waals surface area contributed by atoms with E-state index in [4.69, 9.17) is 14.5 Å². The van der Waals surface area contributed by atoms with Crippen LogP contribution in [0.2, 0.25) is 0 Å². The fourth-order valence-corrected chi connectivity index (χ4v) is 4.47. The summed E-state index contributed by atoms with van der Waals surface area (Å²) in [4.78, 5) is 29.1. The van der Waals surface area contributed by atoms with E-state index in [9.17, 15) is 20.1 Å². The van der Waals surface area contributed by atoms with E-state index in [1.165, 1.54) is 28.0 Å². The van der Waals surface area contributed by atoms with Gasteiger partial charge in [-0.2, -0.15) is 10.1 Å². The first-order valence-electron chi connectivity index (χ1n) is 11.4. The van der Waals surface area contributed by atoms with Crippen molar-refractivity contribution >= 4 is 17.1 Å². The molecule has 2 fully saturated rings. The van der Waals surface area contributed by atoms with Crippen molar-refractivity contribution in [3.8, 4) is 5.95 Å². The number of esters is 1. The number of H-pyrrole nitrogens is 1. The highest BCUT2D eigenvalue weighted by atomic mass is 16.6.